The molecule has 0 spiro atoms. The van der Waals surface area contributed by atoms with Gasteiger partial charge >= 0.3 is 11.8 Å². The van der Waals surface area contributed by atoms with Crippen LogP contribution in [0.1, 0.15) is 31.4 Å². The predicted molar refractivity (Wildman–Crippen MR) is 111 cm³/mol. The molecule has 3 heterocycles. The highest BCUT2D eigenvalue weighted by atomic mass is 35.5. The number of hydrogen-bond acceptors (Lipinski definition) is 5. The summed E-state index contributed by atoms with van der Waals surface area (Å²) in [4.78, 5) is 31.5. The molecular weight excluding hydrogens is 392 g/mol. The number of nitrogens with two attached hydrogens (primary N) is 1. The number of benzene rings is 1. The van der Waals surface area contributed by atoms with Gasteiger partial charge in [-0.2, -0.15) is 5.10 Å². The molecule has 9 heteroatoms. The number of nitrogens with one attached hydrogen (secondary N) is 2. The summed E-state index contributed by atoms with van der Waals surface area (Å²) in [5, 5.41) is 10.5. The molecule has 0 saturated carbocycles. The topological polar surface area (TPSA) is 117 Å². The monoisotopic (exact) mass is 412 g/mol. The quantitative estimate of drug-likeness (QED) is 0.559. The molecule has 8 nitrogen and oxygen atoms in total. The summed E-state index contributed by atoms with van der Waals surface area (Å²) in [6.45, 7) is 2.58. The minimum absolute atomic E-state index is 0.195. The van der Waals surface area contributed by atoms with E-state index in [-0.39, 0.29) is 6.04 Å². The van der Waals surface area contributed by atoms with Gasteiger partial charge in [0, 0.05) is 11.6 Å². The lowest BCUT2D eigenvalue weighted by Crippen LogP contribution is -2.46. The Kier molecular flexibility index (Phi) is 5.10. The van der Waals surface area contributed by atoms with Gasteiger partial charge < -0.3 is 16.0 Å². The number of hydrogen-bond donors (Lipinski definition) is 3. The molecule has 0 unspecified atom stereocenters. The Hall–Kier alpha value is -3.13. The van der Waals surface area contributed by atoms with E-state index >= 15 is 0 Å². The van der Waals surface area contributed by atoms with E-state index in [4.69, 9.17) is 17.3 Å². The number of carbonyl (C=O) groups excluding carboxylic acids is 2. The van der Waals surface area contributed by atoms with Gasteiger partial charge in [0.2, 0.25) is 0 Å². The Bertz CT molecular complexity index is 1080. The third kappa shape index (κ3) is 3.75. The Morgan fingerprint density at radius 2 is 2.14 bits per heavy atom. The van der Waals surface area contributed by atoms with E-state index in [2.05, 4.69) is 27.4 Å². The van der Waals surface area contributed by atoms with Crippen molar-refractivity contribution in [1.82, 2.24) is 20.1 Å². The lowest BCUT2D eigenvalue weighted by molar-refractivity contribution is -0.146. The van der Waals surface area contributed by atoms with Crippen molar-refractivity contribution in [3.8, 4) is 0 Å². The first kappa shape index (κ1) is 19.2. The number of fused-ring (bicyclic) bond motifs is 1. The van der Waals surface area contributed by atoms with Crippen LogP contribution in [0, 0.1) is 5.92 Å². The van der Waals surface area contributed by atoms with Crippen LogP contribution in [0.2, 0.25) is 5.02 Å². The van der Waals surface area contributed by atoms with E-state index in [1.165, 1.54) is 12.4 Å². The first-order valence-electron chi connectivity index (χ1n) is 9.39. The molecule has 3 aromatic rings. The first-order valence-corrected chi connectivity index (χ1v) is 9.77. The number of H-pyrrole nitrogens is 1. The maximum absolute atomic E-state index is 13.1. The van der Waals surface area contributed by atoms with Crippen LogP contribution in [-0.4, -0.2) is 38.4 Å². The number of aromatic nitrogens is 3. The third-order valence-corrected chi connectivity index (χ3v) is 5.51. The van der Waals surface area contributed by atoms with Crippen LogP contribution in [0.15, 0.2) is 36.7 Å². The Morgan fingerprint density at radius 3 is 2.93 bits per heavy atom. The molecule has 1 aromatic carbocycles. The molecular formula is C20H21ClN6O2. The molecule has 150 valence electrons. The summed E-state index contributed by atoms with van der Waals surface area (Å²) in [6.07, 6.45) is 4.68. The molecule has 4 N–H and O–H groups in total. The van der Waals surface area contributed by atoms with E-state index in [0.29, 0.717) is 39.9 Å². The van der Waals surface area contributed by atoms with Crippen molar-refractivity contribution in [3.05, 3.63) is 47.2 Å². The van der Waals surface area contributed by atoms with Crippen LogP contribution in [-0.2, 0) is 9.59 Å². The molecule has 1 aliphatic rings. The summed E-state index contributed by atoms with van der Waals surface area (Å²) in [7, 11) is 0. The molecule has 0 aliphatic carbocycles. The second-order valence-electron chi connectivity index (χ2n) is 7.38. The highest BCUT2D eigenvalue weighted by molar-refractivity contribution is 6.40. The summed E-state index contributed by atoms with van der Waals surface area (Å²) >= 11 is 6.14. The van der Waals surface area contributed by atoms with Crippen LogP contribution in [0.25, 0.3) is 10.9 Å². The maximum Gasteiger partial charge on any atom is 0.314 e. The minimum atomic E-state index is -0.728. The second-order valence-corrected chi connectivity index (χ2v) is 7.82. The van der Waals surface area contributed by atoms with E-state index < -0.39 is 11.8 Å². The molecule has 4 rings (SSSR count). The molecule has 2 aromatic heterocycles. The Balaban J connectivity index is 1.59. The summed E-state index contributed by atoms with van der Waals surface area (Å²) in [6, 6.07) is 7.23. The third-order valence-electron chi connectivity index (χ3n) is 5.27. The number of piperidine rings is 1. The van der Waals surface area contributed by atoms with Gasteiger partial charge in [0.25, 0.3) is 0 Å². The fourth-order valence-corrected chi connectivity index (χ4v) is 3.99. The number of likely N-dealkylation sites (tertiary alicyclic amines) is 1. The maximum atomic E-state index is 13.1. The number of rotatable bonds is 2. The number of carbonyl (C=O) groups is 2. The zero-order valence-corrected chi connectivity index (χ0v) is 16.6. The van der Waals surface area contributed by atoms with Crippen molar-refractivity contribution in [2.45, 2.75) is 25.8 Å². The van der Waals surface area contributed by atoms with Gasteiger partial charge in [0.05, 0.1) is 35.0 Å². The van der Waals surface area contributed by atoms with E-state index in [1.807, 2.05) is 18.2 Å². The van der Waals surface area contributed by atoms with Crippen LogP contribution in [0.4, 0.5) is 11.5 Å². The SMILES string of the molecule is C[C@H]1CC[C@H](c2cccc(Cl)c2)N(C(=O)C(=O)Nc2cnc(N)c3cn[nH]c23)C1. The largest absolute Gasteiger partial charge is 0.383 e. The first-order chi connectivity index (χ1) is 13.9. The molecule has 0 radical (unpaired) electrons. The van der Waals surface area contributed by atoms with Crippen molar-refractivity contribution in [2.75, 3.05) is 17.6 Å². The number of nitrogen functional groups attached to an aromatic ring is 1. The lowest BCUT2D eigenvalue weighted by atomic mass is 9.90. The van der Waals surface area contributed by atoms with Gasteiger partial charge in [-0.05, 0) is 36.5 Å². The van der Waals surface area contributed by atoms with Gasteiger partial charge in [-0.1, -0.05) is 30.7 Å². The smallest absolute Gasteiger partial charge is 0.314 e. The van der Waals surface area contributed by atoms with Gasteiger partial charge in [-0.15, -0.1) is 0 Å². The van der Waals surface area contributed by atoms with Gasteiger partial charge in [0.15, 0.2) is 0 Å². The number of aromatic amines is 1. The zero-order chi connectivity index (χ0) is 20.5. The number of nitrogens with zero attached hydrogens (tertiary/aromatic N) is 3. The number of amides is 2. The van der Waals surface area contributed by atoms with Gasteiger partial charge in [-0.3, -0.25) is 14.7 Å². The van der Waals surface area contributed by atoms with Gasteiger partial charge in [-0.25, -0.2) is 4.98 Å². The number of pyridine rings is 1. The lowest BCUT2D eigenvalue weighted by Gasteiger charge is -2.38. The van der Waals surface area contributed by atoms with Crippen LogP contribution in [0.5, 0.6) is 0 Å². The minimum Gasteiger partial charge on any atom is -0.383 e. The second kappa shape index (κ2) is 7.71. The molecule has 29 heavy (non-hydrogen) atoms. The molecule has 1 aliphatic heterocycles. The van der Waals surface area contributed by atoms with E-state index in [9.17, 15) is 9.59 Å². The zero-order valence-electron chi connectivity index (χ0n) is 15.9. The van der Waals surface area contributed by atoms with Gasteiger partial charge in [0.1, 0.15) is 5.82 Å². The highest BCUT2D eigenvalue weighted by Crippen LogP contribution is 2.34. The molecule has 0 bridgehead atoms. The Labute approximate surface area is 172 Å². The van der Waals surface area contributed by atoms with E-state index in [1.54, 1.807) is 11.0 Å². The van der Waals surface area contributed by atoms with Crippen molar-refractivity contribution in [1.29, 1.82) is 0 Å². The standard InChI is InChI=1S/C20H21ClN6O2/c1-11-5-6-16(12-3-2-4-13(21)7-12)27(10-11)20(29)19(28)25-15-9-23-18(22)14-8-24-26-17(14)15/h2-4,7-9,11,16H,5-6,10H2,1H3,(H2,22,23)(H,24,26)(H,25,28)/t11-,16+/m0/s1. The number of halogens is 1. The molecule has 1 saturated heterocycles. The summed E-state index contributed by atoms with van der Waals surface area (Å²) < 4.78 is 0. The van der Waals surface area contributed by atoms with E-state index in [0.717, 1.165) is 18.4 Å². The molecule has 2 atom stereocenters. The Morgan fingerprint density at radius 1 is 1.31 bits per heavy atom. The normalized spacial score (nSPS) is 19.3. The number of anilines is 2. The van der Waals surface area contributed by atoms with Crippen LogP contribution in [0.3, 0.4) is 0 Å². The fraction of sp³-hybridized carbons (Fsp3) is 0.300. The highest BCUT2D eigenvalue weighted by Gasteiger charge is 2.34. The average molecular weight is 413 g/mol. The predicted octanol–water partition coefficient (Wildman–Crippen LogP) is 3.13. The summed E-state index contributed by atoms with van der Waals surface area (Å²) in [5.41, 5.74) is 7.62. The van der Waals surface area contributed by atoms with Crippen molar-refractivity contribution in [2.24, 2.45) is 5.92 Å². The van der Waals surface area contributed by atoms with Crippen molar-refractivity contribution in [3.63, 3.8) is 0 Å². The van der Waals surface area contributed by atoms with Crippen molar-refractivity contribution < 1.29 is 9.59 Å². The summed E-state index contributed by atoms with van der Waals surface area (Å²) in [5.74, 6) is -0.719. The van der Waals surface area contributed by atoms with Crippen LogP contribution >= 0.6 is 11.6 Å². The fourth-order valence-electron chi connectivity index (χ4n) is 3.79. The average Bonchev–Trinajstić information content (AvgIpc) is 3.20. The van der Waals surface area contributed by atoms with Crippen molar-refractivity contribution >= 4 is 45.8 Å². The molecule has 2 amide bonds. The molecule has 1 fully saturated rings. The van der Waals surface area contributed by atoms with Crippen LogP contribution < -0.4 is 11.1 Å².